The number of carbonyl (C=O) groups is 1. The van der Waals surface area contributed by atoms with Gasteiger partial charge in [0.25, 0.3) is 5.91 Å². The Balaban J connectivity index is 1.55. The molecule has 0 bridgehead atoms. The summed E-state index contributed by atoms with van der Waals surface area (Å²) in [4.78, 5) is 12.8. The van der Waals surface area contributed by atoms with E-state index in [0.717, 1.165) is 18.4 Å². The van der Waals surface area contributed by atoms with Gasteiger partial charge < -0.3 is 10.1 Å². The zero-order valence-electron chi connectivity index (χ0n) is 16.7. The predicted octanol–water partition coefficient (Wildman–Crippen LogP) is 3.91. The summed E-state index contributed by atoms with van der Waals surface area (Å²) in [6.45, 7) is 1.88. The summed E-state index contributed by atoms with van der Waals surface area (Å²) in [6.07, 6.45) is 2.85. The van der Waals surface area contributed by atoms with Gasteiger partial charge in [-0.05, 0) is 68.4 Å². The molecule has 1 aliphatic carbocycles. The number of hydrogen-bond donors (Lipinski definition) is 1. The van der Waals surface area contributed by atoms with Gasteiger partial charge in [0, 0.05) is 17.7 Å². The number of carbonyl (C=O) groups excluding carboxylic acids is 1. The maximum Gasteiger partial charge on any atom is 0.251 e. The van der Waals surface area contributed by atoms with Crippen LogP contribution in [0.3, 0.4) is 0 Å². The minimum Gasteiger partial charge on any atom is -0.497 e. The van der Waals surface area contributed by atoms with E-state index in [1.54, 1.807) is 18.2 Å². The van der Waals surface area contributed by atoms with Crippen molar-refractivity contribution < 1.29 is 22.3 Å². The van der Waals surface area contributed by atoms with Gasteiger partial charge >= 0.3 is 0 Å². The average Bonchev–Trinajstić information content (AvgIpc) is 2.68. The lowest BCUT2D eigenvalue weighted by Crippen LogP contribution is -2.38. The molecular weight excluding hydrogens is 393 g/mol. The Hall–Kier alpha value is -2.41. The molecule has 29 heavy (non-hydrogen) atoms. The van der Waals surface area contributed by atoms with Gasteiger partial charge in [0.2, 0.25) is 0 Å². The van der Waals surface area contributed by atoms with Crippen LogP contribution < -0.4 is 10.1 Å². The van der Waals surface area contributed by atoms with Crippen LogP contribution in [0.15, 0.2) is 47.4 Å². The molecule has 0 aromatic heterocycles. The van der Waals surface area contributed by atoms with E-state index in [9.17, 15) is 17.6 Å². The molecule has 1 saturated carbocycles. The number of halogens is 1. The lowest BCUT2D eigenvalue weighted by atomic mass is 9.87. The monoisotopic (exact) mass is 419 g/mol. The molecule has 3 rings (SSSR count). The van der Waals surface area contributed by atoms with E-state index >= 15 is 0 Å². The molecule has 156 valence electrons. The number of rotatable bonds is 6. The molecule has 0 heterocycles. The van der Waals surface area contributed by atoms with Gasteiger partial charge in [0.15, 0.2) is 9.84 Å². The van der Waals surface area contributed by atoms with Crippen molar-refractivity contribution in [3.05, 3.63) is 59.4 Å². The minimum atomic E-state index is -3.32. The fourth-order valence-corrected chi connectivity index (χ4v) is 5.57. The number of nitrogens with one attached hydrogen (secondary N) is 1. The van der Waals surface area contributed by atoms with Crippen molar-refractivity contribution in [2.24, 2.45) is 5.92 Å². The van der Waals surface area contributed by atoms with Gasteiger partial charge in [0.05, 0.1) is 17.8 Å². The molecule has 0 unspecified atom stereocenters. The van der Waals surface area contributed by atoms with E-state index in [2.05, 4.69) is 5.32 Å². The highest BCUT2D eigenvalue weighted by molar-refractivity contribution is 7.91. The third kappa shape index (κ3) is 5.56. The van der Waals surface area contributed by atoms with Crippen LogP contribution in [-0.4, -0.2) is 33.2 Å². The van der Waals surface area contributed by atoms with Crippen molar-refractivity contribution in [2.45, 2.75) is 43.5 Å². The van der Waals surface area contributed by atoms with Crippen LogP contribution in [0.5, 0.6) is 5.75 Å². The molecule has 1 fully saturated rings. The summed E-state index contributed by atoms with van der Waals surface area (Å²) in [5, 5.41) is 2.93. The first-order chi connectivity index (χ1) is 13.8. The number of benzene rings is 2. The summed E-state index contributed by atoms with van der Waals surface area (Å²) in [5.74, 6) is -0.389. The number of ether oxygens (including phenoxy) is 1. The highest BCUT2D eigenvalue weighted by Crippen LogP contribution is 2.28. The van der Waals surface area contributed by atoms with Gasteiger partial charge in [0.1, 0.15) is 11.6 Å². The number of sulfone groups is 1. The van der Waals surface area contributed by atoms with Crippen LogP contribution in [0.4, 0.5) is 4.39 Å². The third-order valence-corrected chi connectivity index (χ3v) is 7.24. The zero-order valence-corrected chi connectivity index (χ0v) is 17.5. The lowest BCUT2D eigenvalue weighted by Gasteiger charge is -2.29. The van der Waals surface area contributed by atoms with Crippen molar-refractivity contribution in [3.63, 3.8) is 0 Å². The van der Waals surface area contributed by atoms with Gasteiger partial charge in [-0.25, -0.2) is 12.8 Å². The fourth-order valence-electron chi connectivity index (χ4n) is 3.77. The second kappa shape index (κ2) is 8.95. The molecule has 0 aliphatic heterocycles. The minimum absolute atomic E-state index is 0.0466. The molecule has 2 aromatic rings. The third-order valence-electron chi connectivity index (χ3n) is 5.35. The molecule has 0 atom stereocenters. The highest BCUT2D eigenvalue weighted by atomic mass is 32.2. The molecule has 1 N–H and O–H groups in total. The number of aryl methyl sites for hydroxylation is 1. The van der Waals surface area contributed by atoms with Crippen LogP contribution in [0, 0.1) is 18.7 Å². The molecule has 0 spiro atoms. The van der Waals surface area contributed by atoms with E-state index in [1.165, 1.54) is 25.3 Å². The molecular formula is C22H26FNO4S. The summed E-state index contributed by atoms with van der Waals surface area (Å²) in [7, 11) is -1.90. The van der Waals surface area contributed by atoms with E-state index in [0.29, 0.717) is 23.5 Å². The van der Waals surface area contributed by atoms with Gasteiger partial charge in [-0.3, -0.25) is 4.79 Å². The van der Waals surface area contributed by atoms with Crippen molar-refractivity contribution in [1.82, 2.24) is 5.32 Å². The second-order valence-electron chi connectivity index (χ2n) is 7.67. The maximum atomic E-state index is 13.6. The Morgan fingerprint density at radius 3 is 2.52 bits per heavy atom. The topological polar surface area (TPSA) is 72.5 Å². The van der Waals surface area contributed by atoms with Gasteiger partial charge in [-0.1, -0.05) is 12.1 Å². The first-order valence-electron chi connectivity index (χ1n) is 9.71. The smallest absolute Gasteiger partial charge is 0.251 e. The molecule has 0 radical (unpaired) electrons. The van der Waals surface area contributed by atoms with Crippen molar-refractivity contribution in [3.8, 4) is 5.75 Å². The Kier molecular flexibility index (Phi) is 6.57. The Labute approximate surface area is 171 Å². The normalized spacial score (nSPS) is 19.6. The zero-order chi connectivity index (χ0) is 21.0. The molecule has 2 aromatic carbocycles. The van der Waals surface area contributed by atoms with Gasteiger partial charge in [-0.15, -0.1) is 0 Å². The number of hydrogen-bond acceptors (Lipinski definition) is 4. The van der Waals surface area contributed by atoms with E-state index in [1.807, 2.05) is 13.0 Å². The lowest BCUT2D eigenvalue weighted by molar-refractivity contribution is 0.0922. The quantitative estimate of drug-likeness (QED) is 0.771. The Morgan fingerprint density at radius 2 is 1.86 bits per heavy atom. The fraction of sp³-hybridized carbons (Fsp3) is 0.409. The largest absolute Gasteiger partial charge is 0.497 e. The Morgan fingerprint density at radius 1 is 1.14 bits per heavy atom. The van der Waals surface area contributed by atoms with E-state index in [-0.39, 0.29) is 29.2 Å². The maximum absolute atomic E-state index is 13.6. The molecule has 5 nitrogen and oxygen atoms in total. The van der Waals surface area contributed by atoms with Crippen LogP contribution in [-0.2, 0) is 9.84 Å². The molecule has 1 amide bonds. The van der Waals surface area contributed by atoms with Gasteiger partial charge in [-0.2, -0.15) is 0 Å². The van der Waals surface area contributed by atoms with Crippen molar-refractivity contribution >= 4 is 15.7 Å². The SMILES string of the molecule is COc1cc(F)cc(C(=O)NC2CCC(CS(=O)(=O)c3cccc(C)c3)CC2)c1. The summed E-state index contributed by atoms with van der Waals surface area (Å²) < 4.78 is 44.0. The summed E-state index contributed by atoms with van der Waals surface area (Å²) in [5.41, 5.74) is 1.14. The van der Waals surface area contributed by atoms with Crippen LogP contribution >= 0.6 is 0 Å². The molecule has 7 heteroatoms. The molecule has 0 saturated heterocycles. The predicted molar refractivity (Wildman–Crippen MR) is 109 cm³/mol. The highest BCUT2D eigenvalue weighted by Gasteiger charge is 2.27. The summed E-state index contributed by atoms with van der Waals surface area (Å²) >= 11 is 0. The average molecular weight is 420 g/mol. The van der Waals surface area contributed by atoms with E-state index in [4.69, 9.17) is 4.74 Å². The van der Waals surface area contributed by atoms with Crippen LogP contribution in [0.2, 0.25) is 0 Å². The molecule has 1 aliphatic rings. The van der Waals surface area contributed by atoms with Crippen LogP contribution in [0.1, 0.15) is 41.6 Å². The number of amides is 1. The first kappa shape index (κ1) is 21.3. The van der Waals surface area contributed by atoms with Crippen molar-refractivity contribution in [2.75, 3.05) is 12.9 Å². The van der Waals surface area contributed by atoms with Crippen LogP contribution in [0.25, 0.3) is 0 Å². The first-order valence-corrected chi connectivity index (χ1v) is 11.4. The Bertz CT molecular complexity index is 982. The van der Waals surface area contributed by atoms with Crippen molar-refractivity contribution in [1.29, 1.82) is 0 Å². The number of methoxy groups -OCH3 is 1. The standard InChI is InChI=1S/C22H26FNO4S/c1-15-4-3-5-21(10-15)29(26,27)14-16-6-8-19(9-7-16)24-22(25)17-11-18(23)13-20(12-17)28-2/h3-5,10-13,16,19H,6-9,14H2,1-2H3,(H,24,25). The summed E-state index contributed by atoms with van der Waals surface area (Å²) in [6, 6.07) is 10.8. The van der Waals surface area contributed by atoms with E-state index < -0.39 is 15.7 Å². The second-order valence-corrected chi connectivity index (χ2v) is 9.70.